The third-order valence-corrected chi connectivity index (χ3v) is 6.37. The third kappa shape index (κ3) is 4.76. The molecular weight excluding hydrogens is 436 g/mol. The van der Waals surface area contributed by atoms with Crippen LogP contribution in [0.4, 0.5) is 5.69 Å². The number of hydrogen-bond donors (Lipinski definition) is 2. The molecule has 10 heteroatoms. The van der Waals surface area contributed by atoms with Crippen LogP contribution in [0.25, 0.3) is 16.2 Å². The van der Waals surface area contributed by atoms with Crippen LogP contribution in [-0.2, 0) is 21.2 Å². The molecule has 0 bridgehead atoms. The van der Waals surface area contributed by atoms with E-state index in [9.17, 15) is 13.2 Å². The van der Waals surface area contributed by atoms with Crippen LogP contribution in [0.3, 0.4) is 0 Å². The maximum atomic E-state index is 12.5. The smallest absolute Gasteiger partial charge is 0.238 e. The first-order valence-electron chi connectivity index (χ1n) is 9.45. The van der Waals surface area contributed by atoms with Crippen molar-refractivity contribution in [2.24, 2.45) is 5.14 Å². The Labute approximate surface area is 183 Å². The molecular formula is C21H20N4O4S2. The van der Waals surface area contributed by atoms with E-state index in [1.54, 1.807) is 0 Å². The minimum atomic E-state index is -3.77. The summed E-state index contributed by atoms with van der Waals surface area (Å²) in [5.74, 6) is 0.584. The number of carbonyl (C=O) groups is 1. The average Bonchev–Trinajstić information content (AvgIpc) is 3.31. The van der Waals surface area contributed by atoms with Crippen LogP contribution >= 0.6 is 11.3 Å². The quantitative estimate of drug-likeness (QED) is 0.443. The highest BCUT2D eigenvalue weighted by molar-refractivity contribution is 7.89. The Bertz CT molecular complexity index is 1320. The van der Waals surface area contributed by atoms with Crippen molar-refractivity contribution in [2.75, 3.05) is 11.9 Å². The van der Waals surface area contributed by atoms with Crippen molar-refractivity contribution >= 4 is 37.9 Å². The Morgan fingerprint density at radius 2 is 1.87 bits per heavy atom. The van der Waals surface area contributed by atoms with E-state index in [-0.39, 0.29) is 17.2 Å². The fourth-order valence-corrected chi connectivity index (χ4v) is 4.47. The molecule has 0 saturated carbocycles. The molecule has 0 atom stereocenters. The van der Waals surface area contributed by atoms with E-state index in [4.69, 9.17) is 9.88 Å². The Balaban J connectivity index is 1.48. The molecule has 0 spiro atoms. The summed E-state index contributed by atoms with van der Waals surface area (Å²) in [5, 5.41) is 9.75. The molecule has 0 aliphatic carbocycles. The molecule has 0 aliphatic heterocycles. The van der Waals surface area contributed by atoms with Crippen molar-refractivity contribution in [3.05, 3.63) is 65.8 Å². The molecule has 4 aromatic rings. The number of carbonyl (C=O) groups excluding carboxylic acids is 1. The number of aromatic nitrogens is 2. The molecule has 3 N–H and O–H groups in total. The first-order chi connectivity index (χ1) is 14.8. The number of rotatable bonds is 7. The standard InChI is InChI=1S/C21H20N4O4S2/c1-2-29-17-7-3-14(4-8-17)19-12-25-16(13-30-21(25)24-19)11-20(26)23-15-5-9-18(10-6-15)31(22,27)28/h3-10,12-13H,2,11H2,1H3,(H,23,26)(H2,22,27,28). The van der Waals surface area contributed by atoms with Crippen molar-refractivity contribution in [2.45, 2.75) is 18.2 Å². The highest BCUT2D eigenvalue weighted by Crippen LogP contribution is 2.26. The minimum Gasteiger partial charge on any atom is -0.494 e. The van der Waals surface area contributed by atoms with E-state index in [1.165, 1.54) is 35.6 Å². The number of anilines is 1. The van der Waals surface area contributed by atoms with Crippen molar-refractivity contribution < 1.29 is 17.9 Å². The zero-order chi connectivity index (χ0) is 22.0. The highest BCUT2D eigenvalue weighted by atomic mass is 32.2. The van der Waals surface area contributed by atoms with Crippen LogP contribution < -0.4 is 15.2 Å². The number of primary sulfonamides is 1. The van der Waals surface area contributed by atoms with Crippen molar-refractivity contribution in [3.8, 4) is 17.0 Å². The normalized spacial score (nSPS) is 11.5. The Hall–Kier alpha value is -3.21. The van der Waals surface area contributed by atoms with E-state index in [0.717, 1.165) is 27.7 Å². The van der Waals surface area contributed by atoms with Crippen molar-refractivity contribution in [1.82, 2.24) is 9.38 Å². The Morgan fingerprint density at radius 1 is 1.16 bits per heavy atom. The summed E-state index contributed by atoms with van der Waals surface area (Å²) >= 11 is 1.46. The summed E-state index contributed by atoms with van der Waals surface area (Å²) in [5.41, 5.74) is 3.08. The molecule has 0 unspecified atom stereocenters. The minimum absolute atomic E-state index is 0.00900. The van der Waals surface area contributed by atoms with Gasteiger partial charge >= 0.3 is 0 Å². The van der Waals surface area contributed by atoms with Crippen LogP contribution in [0.15, 0.2) is 65.0 Å². The van der Waals surface area contributed by atoms with E-state index in [0.29, 0.717) is 12.3 Å². The second kappa shape index (κ2) is 8.50. The summed E-state index contributed by atoms with van der Waals surface area (Å²) in [7, 11) is -3.77. The average molecular weight is 457 g/mol. The number of nitrogens with one attached hydrogen (secondary N) is 1. The van der Waals surface area contributed by atoms with Crippen LogP contribution in [0.2, 0.25) is 0 Å². The molecule has 2 aromatic heterocycles. The molecule has 0 fully saturated rings. The number of imidazole rings is 1. The van der Waals surface area contributed by atoms with Gasteiger partial charge in [-0.1, -0.05) is 0 Å². The molecule has 0 radical (unpaired) electrons. The predicted octanol–water partition coefficient (Wildman–Crippen LogP) is 3.29. The summed E-state index contributed by atoms with van der Waals surface area (Å²) in [4.78, 5) is 17.9. The van der Waals surface area contributed by atoms with Gasteiger partial charge < -0.3 is 10.1 Å². The van der Waals surface area contributed by atoms with Gasteiger partial charge in [-0.2, -0.15) is 0 Å². The van der Waals surface area contributed by atoms with Crippen molar-refractivity contribution in [1.29, 1.82) is 0 Å². The van der Waals surface area contributed by atoms with Crippen LogP contribution in [-0.4, -0.2) is 30.3 Å². The van der Waals surface area contributed by atoms with Crippen LogP contribution in [0, 0.1) is 0 Å². The molecule has 2 aromatic carbocycles. The summed E-state index contributed by atoms with van der Waals surface area (Å²) in [6.07, 6.45) is 2.06. The summed E-state index contributed by atoms with van der Waals surface area (Å²) in [6, 6.07) is 13.4. The van der Waals surface area contributed by atoms with Gasteiger partial charge in [-0.05, 0) is 55.5 Å². The maximum absolute atomic E-state index is 12.5. The monoisotopic (exact) mass is 456 g/mol. The second-order valence-electron chi connectivity index (χ2n) is 6.76. The first kappa shape index (κ1) is 21.0. The molecule has 1 amide bonds. The van der Waals surface area contributed by atoms with Gasteiger partial charge in [0.05, 0.1) is 23.6 Å². The number of sulfonamides is 1. The molecule has 0 aliphatic rings. The lowest BCUT2D eigenvalue weighted by atomic mass is 10.1. The Morgan fingerprint density at radius 3 is 2.52 bits per heavy atom. The highest BCUT2D eigenvalue weighted by Gasteiger charge is 2.14. The number of benzene rings is 2. The number of amides is 1. The molecule has 160 valence electrons. The molecule has 31 heavy (non-hydrogen) atoms. The van der Waals surface area contributed by atoms with Gasteiger partial charge in [0.25, 0.3) is 0 Å². The number of fused-ring (bicyclic) bond motifs is 1. The first-order valence-corrected chi connectivity index (χ1v) is 11.9. The fraction of sp³-hybridized carbons (Fsp3) is 0.143. The lowest BCUT2D eigenvalue weighted by Crippen LogP contribution is -2.16. The van der Waals surface area contributed by atoms with E-state index in [1.807, 2.05) is 47.2 Å². The lowest BCUT2D eigenvalue weighted by Gasteiger charge is -2.06. The number of ether oxygens (including phenoxy) is 1. The second-order valence-corrected chi connectivity index (χ2v) is 9.16. The Kier molecular flexibility index (Phi) is 5.77. The molecule has 8 nitrogen and oxygen atoms in total. The molecule has 2 heterocycles. The largest absolute Gasteiger partial charge is 0.494 e. The van der Waals surface area contributed by atoms with Gasteiger partial charge in [-0.3, -0.25) is 9.20 Å². The zero-order valence-corrected chi connectivity index (χ0v) is 18.2. The van der Waals surface area contributed by atoms with Gasteiger partial charge in [-0.25, -0.2) is 18.5 Å². The van der Waals surface area contributed by atoms with Gasteiger partial charge in [0.1, 0.15) is 5.75 Å². The fourth-order valence-electron chi connectivity index (χ4n) is 3.08. The van der Waals surface area contributed by atoms with Gasteiger partial charge in [0.2, 0.25) is 15.9 Å². The SMILES string of the molecule is CCOc1ccc(-c2cn3c(CC(=O)Nc4ccc(S(N)(=O)=O)cc4)csc3n2)cc1. The van der Waals surface area contributed by atoms with Gasteiger partial charge in [0.15, 0.2) is 4.96 Å². The summed E-state index contributed by atoms with van der Waals surface area (Å²) in [6.45, 7) is 2.55. The maximum Gasteiger partial charge on any atom is 0.238 e. The van der Waals surface area contributed by atoms with Gasteiger partial charge in [0, 0.05) is 28.5 Å². The van der Waals surface area contributed by atoms with E-state index < -0.39 is 10.0 Å². The molecule has 4 rings (SSSR count). The van der Waals surface area contributed by atoms with E-state index >= 15 is 0 Å². The number of nitrogens with two attached hydrogens (primary N) is 1. The van der Waals surface area contributed by atoms with Gasteiger partial charge in [-0.15, -0.1) is 11.3 Å². The third-order valence-electron chi connectivity index (χ3n) is 4.55. The number of hydrogen-bond acceptors (Lipinski definition) is 6. The molecule has 0 saturated heterocycles. The summed E-state index contributed by atoms with van der Waals surface area (Å²) < 4.78 is 30.0. The van der Waals surface area contributed by atoms with Crippen molar-refractivity contribution in [3.63, 3.8) is 0 Å². The van der Waals surface area contributed by atoms with Crippen LogP contribution in [0.1, 0.15) is 12.6 Å². The van der Waals surface area contributed by atoms with Crippen LogP contribution in [0.5, 0.6) is 5.75 Å². The number of thiazole rings is 1. The number of nitrogens with zero attached hydrogens (tertiary/aromatic N) is 2. The lowest BCUT2D eigenvalue weighted by molar-refractivity contribution is -0.115. The van der Waals surface area contributed by atoms with E-state index in [2.05, 4.69) is 10.3 Å². The topological polar surface area (TPSA) is 116 Å². The predicted molar refractivity (Wildman–Crippen MR) is 120 cm³/mol. The zero-order valence-electron chi connectivity index (χ0n) is 16.6.